The first-order valence-electron chi connectivity index (χ1n) is 27.3. The Balaban J connectivity index is 0.000000502. The average molecular weight is 1070 g/mol. The molecule has 0 radical (unpaired) electrons. The smallest absolute Gasteiger partial charge is 0.330 e. The summed E-state index contributed by atoms with van der Waals surface area (Å²) in [7, 11) is 0. The van der Waals surface area contributed by atoms with Gasteiger partial charge in [0, 0.05) is 64.6 Å². The predicted octanol–water partition coefficient (Wildman–Crippen LogP) is 10.1. The molecular formula is C59H102O16. The Labute approximate surface area is 452 Å². The summed E-state index contributed by atoms with van der Waals surface area (Å²) in [6, 6.07) is 0. The number of hydrogen-bond donors (Lipinski definition) is 0. The molecule has 0 aromatic carbocycles. The molecule has 4 saturated heterocycles. The second-order valence-electron chi connectivity index (χ2n) is 23.3. The number of unbranched alkanes of at least 4 members (excludes halogenated alkanes) is 3. The molecule has 4 heterocycles. The van der Waals surface area contributed by atoms with Crippen molar-refractivity contribution in [2.24, 2.45) is 37.9 Å². The molecule has 0 amide bonds. The van der Waals surface area contributed by atoms with E-state index in [9.17, 15) is 19.2 Å². The summed E-state index contributed by atoms with van der Waals surface area (Å²) in [6.07, 6.45) is 14.7. The molecule has 0 atom stereocenters. The molecule has 0 aromatic rings. The van der Waals surface area contributed by atoms with E-state index in [4.69, 9.17) is 56.8 Å². The molecule has 4 aliphatic heterocycles. The van der Waals surface area contributed by atoms with Crippen LogP contribution in [0.4, 0.5) is 0 Å². The highest BCUT2D eigenvalue weighted by atomic mass is 16.6. The number of rotatable bonds is 37. The van der Waals surface area contributed by atoms with Gasteiger partial charge in [-0.15, -0.1) is 0 Å². The molecule has 4 fully saturated rings. The van der Waals surface area contributed by atoms with Crippen molar-refractivity contribution >= 4 is 23.9 Å². The van der Waals surface area contributed by atoms with Crippen molar-refractivity contribution in [2.45, 2.75) is 133 Å². The fourth-order valence-corrected chi connectivity index (χ4v) is 8.13. The van der Waals surface area contributed by atoms with E-state index in [1.54, 1.807) is 0 Å². The van der Waals surface area contributed by atoms with Crippen LogP contribution in [-0.2, 0) is 76.0 Å². The number of carbonyl (C=O) groups excluding carboxylic acids is 4. The molecule has 0 saturated carbocycles. The molecule has 0 N–H and O–H groups in total. The zero-order chi connectivity index (χ0) is 56.3. The summed E-state index contributed by atoms with van der Waals surface area (Å²) in [5.74, 6) is -1.46. The maximum absolute atomic E-state index is 11.2. The molecule has 0 unspecified atom stereocenters. The van der Waals surface area contributed by atoms with Gasteiger partial charge in [0.05, 0.1) is 119 Å². The van der Waals surface area contributed by atoms with E-state index in [1.165, 1.54) is 24.3 Å². The van der Waals surface area contributed by atoms with Crippen LogP contribution >= 0.6 is 0 Å². The fourth-order valence-electron chi connectivity index (χ4n) is 8.13. The van der Waals surface area contributed by atoms with Gasteiger partial charge in [-0.2, -0.15) is 0 Å². The van der Waals surface area contributed by atoms with E-state index in [2.05, 4.69) is 81.7 Å². The molecule has 4 aliphatic rings. The van der Waals surface area contributed by atoms with E-state index in [1.807, 2.05) is 13.8 Å². The van der Waals surface area contributed by atoms with E-state index < -0.39 is 0 Å². The number of hydrogen-bond acceptors (Lipinski definition) is 16. The second-order valence-corrected chi connectivity index (χ2v) is 23.3. The third-order valence-corrected chi connectivity index (χ3v) is 13.8. The third kappa shape index (κ3) is 29.7. The molecule has 0 aromatic heterocycles. The maximum atomic E-state index is 11.2. The lowest BCUT2D eigenvalue weighted by Crippen LogP contribution is -2.46. The van der Waals surface area contributed by atoms with Gasteiger partial charge < -0.3 is 56.8 Å². The van der Waals surface area contributed by atoms with E-state index in [0.717, 1.165) is 143 Å². The van der Waals surface area contributed by atoms with Gasteiger partial charge in [-0.3, -0.25) is 0 Å². The maximum Gasteiger partial charge on any atom is 0.330 e. The summed E-state index contributed by atoms with van der Waals surface area (Å²) in [5.41, 5.74) is 0.725. The van der Waals surface area contributed by atoms with Crippen molar-refractivity contribution in [1.82, 2.24) is 0 Å². The van der Waals surface area contributed by atoms with Crippen LogP contribution in [0.1, 0.15) is 133 Å². The quantitative estimate of drug-likeness (QED) is 0.0248. The zero-order valence-electron chi connectivity index (χ0n) is 48.4. The minimum Gasteiger partial charge on any atom is -0.463 e. The van der Waals surface area contributed by atoms with Gasteiger partial charge in [0.2, 0.25) is 0 Å². The Morgan fingerprint density at radius 2 is 0.653 bits per heavy atom. The van der Waals surface area contributed by atoms with Gasteiger partial charge in [0.1, 0.15) is 0 Å². The standard InChI is InChI=1S/C18H32O4.2C14H24O4.C13H22O4/c1-7-15(19)22-11-17(5,6)9-16(3,4)10-20-12-18(8-2)13-21-14-18;1-5-12(15)18-8-13(3,4)7-16-9-14(6-2)10-17-11-14;1-3-13(15)18-9-7-5-6-8-16-10-14(4-2)11-17-12-14;1-3-12(14)17-8-6-5-7-15-9-13(4-2)10-16-11-13/h7H,1,8-14H2,2-6H3;5H,1,6-11H2,2-4H3;3H,1,4-12H2,2H3;3H,1,4-11H2,2H3. The predicted molar refractivity (Wildman–Crippen MR) is 291 cm³/mol. The largest absolute Gasteiger partial charge is 0.463 e. The molecule has 4 rings (SSSR count). The lowest BCUT2D eigenvalue weighted by molar-refractivity contribution is -0.160. The summed E-state index contributed by atoms with van der Waals surface area (Å²) in [4.78, 5) is 43.7. The lowest BCUT2D eigenvalue weighted by Gasteiger charge is -2.41. The third-order valence-electron chi connectivity index (χ3n) is 13.8. The Morgan fingerprint density at radius 1 is 0.387 bits per heavy atom. The van der Waals surface area contributed by atoms with Gasteiger partial charge in [-0.05, 0) is 75.0 Å². The van der Waals surface area contributed by atoms with Gasteiger partial charge in [-0.1, -0.05) is 95.6 Å². The Bertz CT molecular complexity index is 1630. The molecule has 16 nitrogen and oxygen atoms in total. The fraction of sp³-hybridized carbons (Fsp3) is 0.797. The number of carbonyl (C=O) groups is 4. The Hall–Kier alpha value is -3.48. The van der Waals surface area contributed by atoms with Crippen LogP contribution in [0.25, 0.3) is 0 Å². The van der Waals surface area contributed by atoms with E-state index >= 15 is 0 Å². The van der Waals surface area contributed by atoms with Crippen LogP contribution in [0, 0.1) is 37.9 Å². The van der Waals surface area contributed by atoms with Gasteiger partial charge in [0.25, 0.3) is 0 Å². The minimum atomic E-state index is -0.388. The topological polar surface area (TPSA) is 179 Å². The summed E-state index contributed by atoms with van der Waals surface area (Å²) in [5, 5.41) is 0. The Morgan fingerprint density at radius 3 is 0.973 bits per heavy atom. The van der Waals surface area contributed by atoms with Gasteiger partial charge >= 0.3 is 23.9 Å². The van der Waals surface area contributed by atoms with Crippen LogP contribution in [-0.4, -0.2) is 156 Å². The summed E-state index contributed by atoms with van der Waals surface area (Å²) < 4.78 is 64.0. The molecular weight excluding hydrogens is 965 g/mol. The van der Waals surface area contributed by atoms with Crippen LogP contribution in [0.3, 0.4) is 0 Å². The summed E-state index contributed by atoms with van der Waals surface area (Å²) in [6.45, 7) is 48.7. The van der Waals surface area contributed by atoms with E-state index in [0.29, 0.717) is 52.9 Å². The van der Waals surface area contributed by atoms with Crippen molar-refractivity contribution in [1.29, 1.82) is 0 Å². The highest BCUT2D eigenvalue weighted by Gasteiger charge is 2.40. The number of esters is 4. The highest BCUT2D eigenvalue weighted by Crippen LogP contribution is 2.37. The monoisotopic (exact) mass is 1070 g/mol. The average Bonchev–Trinajstić information content (AvgIpc) is 3.33. The number of ether oxygens (including phenoxy) is 12. The van der Waals surface area contributed by atoms with Crippen molar-refractivity contribution < 1.29 is 76.0 Å². The van der Waals surface area contributed by atoms with Gasteiger partial charge in [0.15, 0.2) is 0 Å². The molecule has 0 aliphatic carbocycles. The van der Waals surface area contributed by atoms with Crippen LogP contribution in [0.2, 0.25) is 0 Å². The molecule has 75 heavy (non-hydrogen) atoms. The second kappa shape index (κ2) is 36.6. The van der Waals surface area contributed by atoms with Crippen molar-refractivity contribution in [2.75, 3.05) is 132 Å². The molecule has 0 spiro atoms. The van der Waals surface area contributed by atoms with Crippen molar-refractivity contribution in [3.05, 3.63) is 50.6 Å². The molecule has 434 valence electrons. The van der Waals surface area contributed by atoms with Crippen molar-refractivity contribution in [3.8, 4) is 0 Å². The van der Waals surface area contributed by atoms with Gasteiger partial charge in [-0.25, -0.2) is 19.2 Å². The summed E-state index contributed by atoms with van der Waals surface area (Å²) >= 11 is 0. The van der Waals surface area contributed by atoms with Crippen LogP contribution < -0.4 is 0 Å². The molecule has 16 heteroatoms. The first-order valence-corrected chi connectivity index (χ1v) is 27.3. The highest BCUT2D eigenvalue weighted by molar-refractivity contribution is 5.82. The van der Waals surface area contributed by atoms with E-state index in [-0.39, 0.29) is 61.8 Å². The minimum absolute atomic E-state index is 0.0314. The normalized spacial score (nSPS) is 17.5. The zero-order valence-corrected chi connectivity index (χ0v) is 48.4. The first-order chi connectivity index (χ1) is 35.5. The van der Waals surface area contributed by atoms with Crippen LogP contribution in [0.15, 0.2) is 50.6 Å². The SMILES string of the molecule is C=CC(=O)OCC(C)(C)CC(C)(C)COCC1(CC)COC1.C=CC(=O)OCC(C)(C)COCC1(CC)COC1.C=CC(=O)OCCCCCOCC1(CC)COC1.C=CC(=O)OCCCCOCC1(CC)COC1. The molecule has 0 bridgehead atoms. The lowest BCUT2D eigenvalue weighted by atomic mass is 9.76. The first kappa shape index (κ1) is 69.5. The Kier molecular flexibility index (Phi) is 33.9. The van der Waals surface area contributed by atoms with Crippen molar-refractivity contribution in [3.63, 3.8) is 0 Å². The van der Waals surface area contributed by atoms with Crippen LogP contribution in [0.5, 0.6) is 0 Å².